The molecule has 2 amide bonds. The number of carbonyl (C=O) groups is 2. The Balaban J connectivity index is 1.31. The maximum atomic E-state index is 13.1. The molecule has 4 fully saturated rings. The number of tetrazole rings is 1. The Kier molecular flexibility index (Phi) is 4.07. The van der Waals surface area contributed by atoms with E-state index in [1.807, 2.05) is 0 Å². The summed E-state index contributed by atoms with van der Waals surface area (Å²) in [7, 11) is 0. The van der Waals surface area contributed by atoms with Crippen LogP contribution < -0.4 is 16.7 Å². The lowest BCUT2D eigenvalue weighted by atomic mass is 9.49. The molecule has 6 rings (SSSR count). The van der Waals surface area contributed by atoms with Crippen LogP contribution in [0.15, 0.2) is 29.1 Å². The molecule has 1 aromatic heterocycles. The Morgan fingerprint density at radius 3 is 2.17 bits per heavy atom. The molecule has 3 N–H and O–H groups in total. The smallest absolute Gasteiger partial charge is 0.368 e. The predicted molar refractivity (Wildman–Crippen MR) is 104 cm³/mol. The molecular weight excluding hydrogens is 372 g/mol. The molecular formula is C20H24N6O3. The molecule has 1 aromatic carbocycles. The summed E-state index contributed by atoms with van der Waals surface area (Å²) in [6.45, 7) is -0.321. The van der Waals surface area contributed by atoms with E-state index >= 15 is 0 Å². The highest BCUT2D eigenvalue weighted by Gasteiger charge is 2.54. The highest BCUT2D eigenvalue weighted by molar-refractivity contribution is 5.95. The number of hydrogen-bond acceptors (Lipinski definition) is 5. The number of hydrogen-bond donors (Lipinski definition) is 2. The standard InChI is InChI=1S/C20H24N6O3/c21-17(27)11-25-19(29)26(24-23-25)16-3-1-15(2-4-16)22-18(28)20-8-12-5-13(9-20)7-14(6-12)10-20/h1-4,12-14H,5-11H2,(H2,21,27)(H,22,28). The first-order chi connectivity index (χ1) is 13.9. The van der Waals surface area contributed by atoms with Crippen LogP contribution in [0, 0.1) is 23.2 Å². The first kappa shape index (κ1) is 18.1. The molecule has 0 spiro atoms. The fraction of sp³-hybridized carbons (Fsp3) is 0.550. The van der Waals surface area contributed by atoms with E-state index < -0.39 is 11.6 Å². The molecule has 29 heavy (non-hydrogen) atoms. The lowest BCUT2D eigenvalue weighted by Crippen LogP contribution is -2.51. The van der Waals surface area contributed by atoms with E-state index in [0.29, 0.717) is 29.1 Å². The molecule has 0 atom stereocenters. The van der Waals surface area contributed by atoms with Gasteiger partial charge in [-0.25, -0.2) is 4.79 Å². The van der Waals surface area contributed by atoms with Gasteiger partial charge in [0.05, 0.1) is 11.1 Å². The molecule has 4 aliphatic rings. The zero-order chi connectivity index (χ0) is 20.2. The Labute approximate surface area is 167 Å². The van der Waals surface area contributed by atoms with Gasteiger partial charge in [0.25, 0.3) is 0 Å². The van der Waals surface area contributed by atoms with Gasteiger partial charge in [-0.3, -0.25) is 9.59 Å². The van der Waals surface area contributed by atoms with Gasteiger partial charge in [0.15, 0.2) is 0 Å². The van der Waals surface area contributed by atoms with Crippen LogP contribution in [0.5, 0.6) is 0 Å². The Morgan fingerprint density at radius 2 is 1.62 bits per heavy atom. The minimum Gasteiger partial charge on any atom is -0.368 e. The van der Waals surface area contributed by atoms with Crippen molar-refractivity contribution < 1.29 is 9.59 Å². The van der Waals surface area contributed by atoms with Crippen molar-refractivity contribution in [3.05, 3.63) is 34.7 Å². The second kappa shape index (κ2) is 6.53. The molecule has 9 heteroatoms. The summed E-state index contributed by atoms with van der Waals surface area (Å²) < 4.78 is 2.00. The van der Waals surface area contributed by atoms with Gasteiger partial charge in [-0.15, -0.1) is 0 Å². The summed E-state index contributed by atoms with van der Waals surface area (Å²) in [5, 5.41) is 10.5. The predicted octanol–water partition coefficient (Wildman–Crippen LogP) is 1.07. The number of anilines is 1. The van der Waals surface area contributed by atoms with Gasteiger partial charge in [0.1, 0.15) is 6.54 Å². The van der Waals surface area contributed by atoms with E-state index in [1.165, 1.54) is 19.3 Å². The number of nitrogens with zero attached hydrogens (tertiary/aromatic N) is 4. The minimum atomic E-state index is -0.665. The highest BCUT2D eigenvalue weighted by Crippen LogP contribution is 2.60. The minimum absolute atomic E-state index is 0.133. The van der Waals surface area contributed by atoms with E-state index in [2.05, 4.69) is 15.7 Å². The molecule has 4 saturated carbocycles. The van der Waals surface area contributed by atoms with E-state index in [9.17, 15) is 14.4 Å². The molecule has 0 unspecified atom stereocenters. The third kappa shape index (κ3) is 3.14. The van der Waals surface area contributed by atoms with Crippen LogP contribution >= 0.6 is 0 Å². The van der Waals surface area contributed by atoms with Gasteiger partial charge in [-0.2, -0.15) is 9.36 Å². The lowest BCUT2D eigenvalue weighted by molar-refractivity contribution is -0.140. The SMILES string of the molecule is NC(=O)Cn1nnn(-c2ccc(NC(=O)C34CC5CC(CC(C5)C3)C4)cc2)c1=O. The molecule has 9 nitrogen and oxygen atoms in total. The molecule has 2 aromatic rings. The average molecular weight is 396 g/mol. The number of primary amides is 1. The number of nitrogens with one attached hydrogen (secondary N) is 1. The largest absolute Gasteiger partial charge is 0.368 e. The quantitative estimate of drug-likeness (QED) is 0.782. The monoisotopic (exact) mass is 396 g/mol. The summed E-state index contributed by atoms with van der Waals surface area (Å²) in [4.78, 5) is 36.4. The number of carbonyl (C=O) groups excluding carboxylic acids is 2. The van der Waals surface area contributed by atoms with E-state index in [1.54, 1.807) is 24.3 Å². The van der Waals surface area contributed by atoms with Gasteiger partial charge in [-0.05, 0) is 91.0 Å². The van der Waals surface area contributed by atoms with E-state index in [4.69, 9.17) is 5.73 Å². The van der Waals surface area contributed by atoms with Gasteiger partial charge < -0.3 is 11.1 Å². The number of aromatic nitrogens is 4. The maximum absolute atomic E-state index is 13.1. The molecule has 4 aliphatic carbocycles. The summed E-state index contributed by atoms with van der Waals surface area (Å²) in [5.41, 5.74) is 5.55. The maximum Gasteiger partial charge on any atom is 0.368 e. The Morgan fingerprint density at radius 1 is 1.03 bits per heavy atom. The summed E-state index contributed by atoms with van der Waals surface area (Å²) in [6.07, 6.45) is 6.94. The van der Waals surface area contributed by atoms with Crippen LogP contribution in [0.1, 0.15) is 38.5 Å². The topological polar surface area (TPSA) is 125 Å². The normalized spacial score (nSPS) is 29.7. The van der Waals surface area contributed by atoms with Crippen molar-refractivity contribution >= 4 is 17.5 Å². The lowest BCUT2D eigenvalue weighted by Gasteiger charge is -2.55. The fourth-order valence-electron chi connectivity index (χ4n) is 6.02. The molecule has 152 valence electrons. The number of nitrogens with two attached hydrogens (primary N) is 1. The van der Waals surface area contributed by atoms with Crippen LogP contribution in [0.3, 0.4) is 0 Å². The second-order valence-corrected chi connectivity index (χ2v) is 9.00. The zero-order valence-electron chi connectivity index (χ0n) is 16.1. The molecule has 4 bridgehead atoms. The molecule has 0 radical (unpaired) electrons. The van der Waals surface area contributed by atoms with Gasteiger partial charge in [0, 0.05) is 5.69 Å². The summed E-state index contributed by atoms with van der Waals surface area (Å²) in [6, 6.07) is 6.90. The van der Waals surface area contributed by atoms with Crippen molar-refractivity contribution in [1.82, 2.24) is 19.8 Å². The van der Waals surface area contributed by atoms with Crippen molar-refractivity contribution in [3.63, 3.8) is 0 Å². The van der Waals surface area contributed by atoms with Crippen molar-refractivity contribution in [1.29, 1.82) is 0 Å². The van der Waals surface area contributed by atoms with Crippen LogP contribution in [0.4, 0.5) is 5.69 Å². The van der Waals surface area contributed by atoms with Crippen molar-refractivity contribution in [2.45, 2.75) is 45.1 Å². The van der Waals surface area contributed by atoms with Crippen LogP contribution in [-0.4, -0.2) is 31.6 Å². The van der Waals surface area contributed by atoms with E-state index in [0.717, 1.165) is 28.6 Å². The average Bonchev–Trinajstić information content (AvgIpc) is 3.01. The van der Waals surface area contributed by atoms with Crippen molar-refractivity contribution in [3.8, 4) is 5.69 Å². The van der Waals surface area contributed by atoms with Crippen LogP contribution in [-0.2, 0) is 16.1 Å². The van der Waals surface area contributed by atoms with Gasteiger partial charge in [0.2, 0.25) is 11.8 Å². The Bertz CT molecular complexity index is 986. The van der Waals surface area contributed by atoms with E-state index in [-0.39, 0.29) is 17.9 Å². The number of rotatable bonds is 5. The molecule has 1 heterocycles. The second-order valence-electron chi connectivity index (χ2n) is 9.00. The van der Waals surface area contributed by atoms with Crippen molar-refractivity contribution in [2.75, 3.05) is 5.32 Å². The third-order valence-electron chi connectivity index (χ3n) is 6.83. The number of amides is 2. The summed E-state index contributed by atoms with van der Waals surface area (Å²) in [5.74, 6) is 1.61. The number of benzene rings is 1. The molecule has 0 saturated heterocycles. The first-order valence-electron chi connectivity index (χ1n) is 10.1. The first-order valence-corrected chi connectivity index (χ1v) is 10.1. The van der Waals surface area contributed by atoms with Gasteiger partial charge in [-0.1, -0.05) is 0 Å². The molecule has 0 aliphatic heterocycles. The summed E-state index contributed by atoms with van der Waals surface area (Å²) >= 11 is 0. The fourth-order valence-corrected chi connectivity index (χ4v) is 6.02. The highest BCUT2D eigenvalue weighted by atomic mass is 16.2. The van der Waals surface area contributed by atoms with Crippen LogP contribution in [0.2, 0.25) is 0 Å². The zero-order valence-corrected chi connectivity index (χ0v) is 16.1. The van der Waals surface area contributed by atoms with Crippen LogP contribution in [0.25, 0.3) is 5.69 Å². The Hall–Kier alpha value is -2.97. The third-order valence-corrected chi connectivity index (χ3v) is 6.83. The van der Waals surface area contributed by atoms with Gasteiger partial charge >= 0.3 is 5.69 Å². The van der Waals surface area contributed by atoms with Crippen molar-refractivity contribution in [2.24, 2.45) is 28.9 Å².